The molecule has 1 aliphatic heterocycles. The molecule has 2 amide bonds. The zero-order valence-electron chi connectivity index (χ0n) is 20.6. The molecule has 0 bridgehead atoms. The lowest BCUT2D eigenvalue weighted by Gasteiger charge is -2.39. The second-order valence-electron chi connectivity index (χ2n) is 9.08. The minimum Gasteiger partial charge on any atom is -0.497 e. The Kier molecular flexibility index (Phi) is 8.49. The van der Waals surface area contributed by atoms with E-state index in [1.807, 2.05) is 54.4 Å². The molecular formula is C29H31ClN2O4. The molecule has 1 aliphatic rings. The molecule has 7 heteroatoms. The molecule has 0 N–H and O–H groups in total. The normalized spacial score (nSPS) is 17.4. The van der Waals surface area contributed by atoms with Crippen molar-refractivity contribution < 1.29 is 19.1 Å². The van der Waals surface area contributed by atoms with Crippen LogP contribution in [0.2, 0.25) is 5.02 Å². The molecule has 0 aliphatic carbocycles. The SMILES string of the molecule is COc1ccc(C(=O)N2CC[C@H](Oc3ccc(Cl)cc3)[C@@H](CC(=O)N(C)Cc3ccccc3)C2)cc1. The summed E-state index contributed by atoms with van der Waals surface area (Å²) in [6, 6.07) is 24.2. The quantitative estimate of drug-likeness (QED) is 0.415. The number of rotatable bonds is 8. The molecular weight excluding hydrogens is 476 g/mol. The lowest BCUT2D eigenvalue weighted by atomic mass is 9.90. The summed E-state index contributed by atoms with van der Waals surface area (Å²) in [7, 11) is 3.41. The van der Waals surface area contributed by atoms with Gasteiger partial charge in [-0.05, 0) is 54.1 Å². The molecule has 6 nitrogen and oxygen atoms in total. The van der Waals surface area contributed by atoms with Gasteiger partial charge in [0.25, 0.3) is 5.91 Å². The molecule has 4 rings (SSSR count). The van der Waals surface area contributed by atoms with E-state index in [4.69, 9.17) is 21.1 Å². The molecule has 1 saturated heterocycles. The third-order valence-electron chi connectivity index (χ3n) is 6.51. The van der Waals surface area contributed by atoms with Crippen molar-refractivity contribution in [2.45, 2.75) is 25.5 Å². The fraction of sp³-hybridized carbons (Fsp3) is 0.310. The van der Waals surface area contributed by atoms with Crippen molar-refractivity contribution in [3.05, 3.63) is 95.0 Å². The maximum absolute atomic E-state index is 13.2. The van der Waals surface area contributed by atoms with Gasteiger partial charge in [-0.25, -0.2) is 0 Å². The van der Waals surface area contributed by atoms with Gasteiger partial charge in [-0.3, -0.25) is 9.59 Å². The van der Waals surface area contributed by atoms with Gasteiger partial charge in [0.1, 0.15) is 17.6 Å². The van der Waals surface area contributed by atoms with Gasteiger partial charge < -0.3 is 19.3 Å². The Morgan fingerprint density at radius 1 is 0.972 bits per heavy atom. The van der Waals surface area contributed by atoms with Crippen molar-refractivity contribution in [2.24, 2.45) is 5.92 Å². The van der Waals surface area contributed by atoms with Crippen molar-refractivity contribution in [1.82, 2.24) is 9.80 Å². The number of hydrogen-bond donors (Lipinski definition) is 0. The molecule has 3 aromatic carbocycles. The van der Waals surface area contributed by atoms with Gasteiger partial charge in [0.05, 0.1) is 7.11 Å². The summed E-state index contributed by atoms with van der Waals surface area (Å²) in [6.07, 6.45) is 0.721. The van der Waals surface area contributed by atoms with Crippen LogP contribution in [0.5, 0.6) is 11.5 Å². The summed E-state index contributed by atoms with van der Waals surface area (Å²) in [5.41, 5.74) is 1.67. The third kappa shape index (κ3) is 6.58. The third-order valence-corrected chi connectivity index (χ3v) is 6.77. The Morgan fingerprint density at radius 3 is 2.31 bits per heavy atom. The fourth-order valence-corrected chi connectivity index (χ4v) is 4.60. The van der Waals surface area contributed by atoms with Crippen molar-refractivity contribution in [3.8, 4) is 11.5 Å². The van der Waals surface area contributed by atoms with E-state index in [1.54, 1.807) is 48.4 Å². The second kappa shape index (κ2) is 12.0. The van der Waals surface area contributed by atoms with Gasteiger partial charge in [0.2, 0.25) is 5.91 Å². The number of halogens is 1. The number of benzene rings is 3. The Morgan fingerprint density at radius 2 is 1.64 bits per heavy atom. The summed E-state index contributed by atoms with van der Waals surface area (Å²) in [5, 5.41) is 0.636. The number of hydrogen-bond acceptors (Lipinski definition) is 4. The number of carbonyl (C=O) groups excluding carboxylic acids is 2. The second-order valence-corrected chi connectivity index (χ2v) is 9.51. The van der Waals surface area contributed by atoms with E-state index in [0.29, 0.717) is 48.1 Å². The van der Waals surface area contributed by atoms with E-state index in [-0.39, 0.29) is 30.3 Å². The standard InChI is InChI=1S/C29H31ClN2O4/c1-31(19-21-6-4-3-5-7-21)28(33)18-23-20-32(29(34)22-8-12-25(35-2)13-9-22)17-16-27(23)36-26-14-10-24(30)11-15-26/h3-15,23,27H,16-20H2,1-2H3/t23-,27-/m0/s1. The van der Waals surface area contributed by atoms with Crippen LogP contribution in [-0.4, -0.2) is 55.0 Å². The van der Waals surface area contributed by atoms with Crippen LogP contribution >= 0.6 is 11.6 Å². The maximum atomic E-state index is 13.2. The van der Waals surface area contributed by atoms with Crippen LogP contribution in [0.25, 0.3) is 0 Å². The topological polar surface area (TPSA) is 59.1 Å². The number of likely N-dealkylation sites (tertiary alicyclic amines) is 1. The molecule has 3 aromatic rings. The maximum Gasteiger partial charge on any atom is 0.253 e. The first-order valence-corrected chi connectivity index (χ1v) is 12.4. The minimum absolute atomic E-state index is 0.0207. The van der Waals surface area contributed by atoms with Crippen LogP contribution in [0.1, 0.15) is 28.8 Å². The molecule has 2 atom stereocenters. The lowest BCUT2D eigenvalue weighted by molar-refractivity contribution is -0.132. The van der Waals surface area contributed by atoms with Crippen LogP contribution in [0.15, 0.2) is 78.9 Å². The smallest absolute Gasteiger partial charge is 0.253 e. The van der Waals surface area contributed by atoms with Crippen LogP contribution in [0.4, 0.5) is 0 Å². The van der Waals surface area contributed by atoms with Crippen LogP contribution in [0.3, 0.4) is 0 Å². The van der Waals surface area contributed by atoms with Gasteiger partial charge >= 0.3 is 0 Å². The zero-order valence-corrected chi connectivity index (χ0v) is 21.4. The van der Waals surface area contributed by atoms with Crippen molar-refractivity contribution in [3.63, 3.8) is 0 Å². The summed E-state index contributed by atoms with van der Waals surface area (Å²) >= 11 is 6.03. The van der Waals surface area contributed by atoms with E-state index in [2.05, 4.69) is 0 Å². The fourth-order valence-electron chi connectivity index (χ4n) is 4.48. The first-order chi connectivity index (χ1) is 17.4. The number of amides is 2. The summed E-state index contributed by atoms with van der Waals surface area (Å²) in [6.45, 7) is 1.52. The number of methoxy groups -OCH3 is 1. The molecule has 188 valence electrons. The summed E-state index contributed by atoms with van der Waals surface area (Å²) in [4.78, 5) is 30.0. The van der Waals surface area contributed by atoms with Gasteiger partial charge in [-0.2, -0.15) is 0 Å². The van der Waals surface area contributed by atoms with Gasteiger partial charge in [0.15, 0.2) is 0 Å². The molecule has 0 saturated carbocycles. The highest BCUT2D eigenvalue weighted by Crippen LogP contribution is 2.28. The van der Waals surface area contributed by atoms with Gasteiger partial charge in [0, 0.05) is 56.0 Å². The number of piperidine rings is 1. The Balaban J connectivity index is 1.48. The molecule has 1 fully saturated rings. The number of carbonyl (C=O) groups is 2. The number of ether oxygens (including phenoxy) is 2. The van der Waals surface area contributed by atoms with Crippen molar-refractivity contribution in [2.75, 3.05) is 27.2 Å². The highest BCUT2D eigenvalue weighted by molar-refractivity contribution is 6.30. The summed E-state index contributed by atoms with van der Waals surface area (Å²) < 4.78 is 11.5. The molecule has 1 heterocycles. The first kappa shape index (κ1) is 25.6. The molecule has 0 spiro atoms. The predicted octanol–water partition coefficient (Wildman–Crippen LogP) is 5.31. The molecule has 36 heavy (non-hydrogen) atoms. The Labute approximate surface area is 217 Å². The van der Waals surface area contributed by atoms with Gasteiger partial charge in [-0.15, -0.1) is 0 Å². The highest BCUT2D eigenvalue weighted by atomic mass is 35.5. The van der Waals surface area contributed by atoms with Crippen LogP contribution < -0.4 is 9.47 Å². The minimum atomic E-state index is -0.194. The Hall–Kier alpha value is -3.51. The predicted molar refractivity (Wildman–Crippen MR) is 140 cm³/mol. The molecule has 0 radical (unpaired) electrons. The van der Waals surface area contributed by atoms with E-state index < -0.39 is 0 Å². The van der Waals surface area contributed by atoms with E-state index in [1.165, 1.54) is 0 Å². The zero-order chi connectivity index (χ0) is 25.5. The molecule has 0 unspecified atom stereocenters. The average molecular weight is 507 g/mol. The monoisotopic (exact) mass is 506 g/mol. The number of nitrogens with zero attached hydrogens (tertiary/aromatic N) is 2. The van der Waals surface area contributed by atoms with Crippen LogP contribution in [0, 0.1) is 5.92 Å². The molecule has 0 aromatic heterocycles. The van der Waals surface area contributed by atoms with E-state index >= 15 is 0 Å². The van der Waals surface area contributed by atoms with E-state index in [0.717, 1.165) is 5.56 Å². The average Bonchev–Trinajstić information content (AvgIpc) is 2.91. The van der Waals surface area contributed by atoms with Crippen molar-refractivity contribution in [1.29, 1.82) is 0 Å². The van der Waals surface area contributed by atoms with Gasteiger partial charge in [-0.1, -0.05) is 41.9 Å². The van der Waals surface area contributed by atoms with Crippen molar-refractivity contribution >= 4 is 23.4 Å². The largest absolute Gasteiger partial charge is 0.497 e. The Bertz CT molecular complexity index is 1150. The van der Waals surface area contributed by atoms with Crippen LogP contribution in [-0.2, 0) is 11.3 Å². The lowest BCUT2D eigenvalue weighted by Crippen LogP contribution is -2.49. The van der Waals surface area contributed by atoms with E-state index in [9.17, 15) is 9.59 Å². The first-order valence-electron chi connectivity index (χ1n) is 12.1. The highest BCUT2D eigenvalue weighted by Gasteiger charge is 2.35. The summed E-state index contributed by atoms with van der Waals surface area (Å²) in [5.74, 6) is 1.22.